The summed E-state index contributed by atoms with van der Waals surface area (Å²) < 4.78 is 0. The molecule has 0 bridgehead atoms. The average molecular weight is 230 g/mol. The van der Waals surface area contributed by atoms with E-state index >= 15 is 0 Å². The summed E-state index contributed by atoms with van der Waals surface area (Å²) in [6.45, 7) is 4.89. The molecule has 1 atom stereocenters. The zero-order valence-electron chi connectivity index (χ0n) is 10.5. The molecule has 2 saturated heterocycles. The molecule has 0 saturated carbocycles. The van der Waals surface area contributed by atoms with Crippen molar-refractivity contribution in [2.24, 2.45) is 0 Å². The van der Waals surface area contributed by atoms with Gasteiger partial charge in [-0.3, -0.25) is 4.90 Å². The Kier molecular flexibility index (Phi) is 3.44. The smallest absolute Gasteiger partial charge is 0.0320 e. The van der Waals surface area contributed by atoms with E-state index in [0.29, 0.717) is 6.04 Å². The maximum atomic E-state index is 3.58. The molecule has 1 aromatic rings. The van der Waals surface area contributed by atoms with Crippen LogP contribution in [-0.4, -0.2) is 24.5 Å². The summed E-state index contributed by atoms with van der Waals surface area (Å²) >= 11 is 0. The van der Waals surface area contributed by atoms with Gasteiger partial charge in [-0.05, 0) is 56.4 Å². The van der Waals surface area contributed by atoms with Gasteiger partial charge < -0.3 is 5.32 Å². The number of hydrogen-bond donors (Lipinski definition) is 1. The Morgan fingerprint density at radius 2 is 2.06 bits per heavy atom. The Morgan fingerprint density at radius 1 is 1.18 bits per heavy atom. The van der Waals surface area contributed by atoms with Crippen LogP contribution in [0.5, 0.6) is 0 Å². The fraction of sp³-hybridized carbons (Fsp3) is 0.600. The van der Waals surface area contributed by atoms with Crippen molar-refractivity contribution in [3.63, 3.8) is 0 Å². The van der Waals surface area contributed by atoms with Gasteiger partial charge in [-0.1, -0.05) is 24.3 Å². The lowest BCUT2D eigenvalue weighted by atomic mass is 10.0. The summed E-state index contributed by atoms with van der Waals surface area (Å²) in [5.74, 6) is 0. The van der Waals surface area contributed by atoms with Gasteiger partial charge in [0.25, 0.3) is 0 Å². The predicted octanol–water partition coefficient (Wildman–Crippen LogP) is 2.71. The van der Waals surface area contributed by atoms with Gasteiger partial charge in [-0.25, -0.2) is 0 Å². The largest absolute Gasteiger partial charge is 0.310 e. The van der Waals surface area contributed by atoms with Gasteiger partial charge in [0.1, 0.15) is 0 Å². The first-order chi connectivity index (χ1) is 8.42. The minimum absolute atomic E-state index is 0.605. The molecule has 2 nitrogen and oxygen atoms in total. The molecule has 2 aliphatic rings. The minimum atomic E-state index is 0.605. The SMILES string of the molecule is c1cc(CN2CCCC2)cc(C2CCCN2)c1. The van der Waals surface area contributed by atoms with Crippen molar-refractivity contribution in [2.45, 2.75) is 38.3 Å². The first-order valence-corrected chi connectivity index (χ1v) is 6.96. The van der Waals surface area contributed by atoms with Crippen molar-refractivity contribution in [2.75, 3.05) is 19.6 Å². The first kappa shape index (κ1) is 11.2. The van der Waals surface area contributed by atoms with Gasteiger partial charge in [0.15, 0.2) is 0 Å². The van der Waals surface area contributed by atoms with E-state index in [2.05, 4.69) is 34.5 Å². The highest BCUT2D eigenvalue weighted by Gasteiger charge is 2.17. The van der Waals surface area contributed by atoms with Gasteiger partial charge in [0.05, 0.1) is 0 Å². The second kappa shape index (κ2) is 5.19. The Balaban J connectivity index is 1.69. The van der Waals surface area contributed by atoms with Crippen LogP contribution in [0, 0.1) is 0 Å². The van der Waals surface area contributed by atoms with Crippen LogP contribution in [0.2, 0.25) is 0 Å². The van der Waals surface area contributed by atoms with Crippen LogP contribution in [0.4, 0.5) is 0 Å². The van der Waals surface area contributed by atoms with E-state index in [1.165, 1.54) is 56.4 Å². The van der Waals surface area contributed by atoms with Gasteiger partial charge in [-0.2, -0.15) is 0 Å². The lowest BCUT2D eigenvalue weighted by Gasteiger charge is -2.17. The highest BCUT2D eigenvalue weighted by atomic mass is 15.1. The maximum Gasteiger partial charge on any atom is 0.0320 e. The Hall–Kier alpha value is -0.860. The third-order valence-corrected chi connectivity index (χ3v) is 4.02. The van der Waals surface area contributed by atoms with Crippen LogP contribution >= 0.6 is 0 Å². The average Bonchev–Trinajstić information content (AvgIpc) is 3.01. The quantitative estimate of drug-likeness (QED) is 0.859. The molecule has 0 amide bonds. The van der Waals surface area contributed by atoms with Crippen LogP contribution in [0.25, 0.3) is 0 Å². The van der Waals surface area contributed by atoms with Crippen LogP contribution < -0.4 is 5.32 Å². The number of likely N-dealkylation sites (tertiary alicyclic amines) is 1. The minimum Gasteiger partial charge on any atom is -0.310 e. The van der Waals surface area contributed by atoms with E-state index in [4.69, 9.17) is 0 Å². The van der Waals surface area contributed by atoms with E-state index in [-0.39, 0.29) is 0 Å². The molecule has 17 heavy (non-hydrogen) atoms. The van der Waals surface area contributed by atoms with Crippen LogP contribution in [0.15, 0.2) is 24.3 Å². The molecule has 0 radical (unpaired) electrons. The molecule has 1 aromatic carbocycles. The third kappa shape index (κ3) is 2.70. The van der Waals surface area contributed by atoms with E-state index < -0.39 is 0 Å². The van der Waals surface area contributed by atoms with Crippen LogP contribution in [0.3, 0.4) is 0 Å². The maximum absolute atomic E-state index is 3.58. The summed E-state index contributed by atoms with van der Waals surface area (Å²) in [6.07, 6.45) is 5.38. The van der Waals surface area contributed by atoms with Crippen molar-refractivity contribution in [3.8, 4) is 0 Å². The summed E-state index contributed by atoms with van der Waals surface area (Å²) in [5.41, 5.74) is 2.97. The van der Waals surface area contributed by atoms with E-state index in [0.717, 1.165) is 6.54 Å². The monoisotopic (exact) mass is 230 g/mol. The molecule has 0 aromatic heterocycles. The molecular weight excluding hydrogens is 208 g/mol. The fourth-order valence-corrected chi connectivity index (χ4v) is 3.08. The Bertz CT molecular complexity index is 363. The fourth-order valence-electron chi connectivity index (χ4n) is 3.08. The molecular formula is C15H22N2. The van der Waals surface area contributed by atoms with Gasteiger partial charge >= 0.3 is 0 Å². The Labute approximate surface area is 104 Å². The zero-order valence-corrected chi connectivity index (χ0v) is 10.5. The standard InChI is InChI=1S/C15H22N2/c1-2-10-17(9-1)12-13-5-3-6-14(11-13)15-7-4-8-16-15/h3,5-6,11,15-16H,1-2,4,7-10,12H2. The second-order valence-electron chi connectivity index (χ2n) is 5.38. The lowest BCUT2D eigenvalue weighted by Crippen LogP contribution is -2.19. The van der Waals surface area contributed by atoms with Crippen LogP contribution in [-0.2, 0) is 6.54 Å². The second-order valence-corrected chi connectivity index (χ2v) is 5.38. The van der Waals surface area contributed by atoms with E-state index in [1.807, 2.05) is 0 Å². The molecule has 3 rings (SSSR count). The summed E-state index contributed by atoms with van der Waals surface area (Å²) in [4.78, 5) is 2.57. The topological polar surface area (TPSA) is 15.3 Å². The molecule has 2 aliphatic heterocycles. The van der Waals surface area contributed by atoms with E-state index in [9.17, 15) is 0 Å². The van der Waals surface area contributed by atoms with Gasteiger partial charge in [0.2, 0.25) is 0 Å². The Morgan fingerprint density at radius 3 is 2.82 bits per heavy atom. The number of rotatable bonds is 3. The lowest BCUT2D eigenvalue weighted by molar-refractivity contribution is 0.331. The highest BCUT2D eigenvalue weighted by molar-refractivity contribution is 5.26. The number of hydrogen-bond acceptors (Lipinski definition) is 2. The van der Waals surface area contributed by atoms with Gasteiger partial charge in [0, 0.05) is 12.6 Å². The normalized spacial score (nSPS) is 25.5. The van der Waals surface area contributed by atoms with Crippen molar-refractivity contribution in [1.82, 2.24) is 10.2 Å². The van der Waals surface area contributed by atoms with Gasteiger partial charge in [-0.15, -0.1) is 0 Å². The molecule has 2 heterocycles. The molecule has 2 heteroatoms. The first-order valence-electron chi connectivity index (χ1n) is 6.96. The van der Waals surface area contributed by atoms with Crippen molar-refractivity contribution >= 4 is 0 Å². The summed E-state index contributed by atoms with van der Waals surface area (Å²) in [7, 11) is 0. The molecule has 0 aliphatic carbocycles. The number of nitrogens with one attached hydrogen (secondary N) is 1. The molecule has 0 spiro atoms. The molecule has 1 N–H and O–H groups in total. The molecule has 2 fully saturated rings. The molecule has 1 unspecified atom stereocenters. The van der Waals surface area contributed by atoms with Crippen LogP contribution in [0.1, 0.15) is 42.9 Å². The highest BCUT2D eigenvalue weighted by Crippen LogP contribution is 2.24. The van der Waals surface area contributed by atoms with Crippen molar-refractivity contribution in [3.05, 3.63) is 35.4 Å². The summed E-state index contributed by atoms with van der Waals surface area (Å²) in [6, 6.07) is 9.78. The zero-order chi connectivity index (χ0) is 11.5. The van der Waals surface area contributed by atoms with Crippen molar-refractivity contribution in [1.29, 1.82) is 0 Å². The van der Waals surface area contributed by atoms with Crippen molar-refractivity contribution < 1.29 is 0 Å². The molecule has 92 valence electrons. The number of nitrogens with zero attached hydrogens (tertiary/aromatic N) is 1. The number of benzene rings is 1. The third-order valence-electron chi connectivity index (χ3n) is 4.02. The van der Waals surface area contributed by atoms with E-state index in [1.54, 1.807) is 0 Å². The predicted molar refractivity (Wildman–Crippen MR) is 70.9 cm³/mol. The summed E-state index contributed by atoms with van der Waals surface area (Å²) in [5, 5.41) is 3.58.